The van der Waals surface area contributed by atoms with E-state index < -0.39 is 10.0 Å². The Labute approximate surface area is 141 Å². The lowest BCUT2D eigenvalue weighted by Crippen LogP contribution is -2.49. The SMILES string of the molecule is CN1CCO[C@@H](CNS(=O)(=O)c2ccnn2C)[C@@H]1c1ccnn1C. The Bertz CT molecular complexity index is 799. The standard InChI is InChI=1S/C14H22N6O3S/c1-18-8-9-23-12(14(18)11-4-6-15-19(11)2)10-17-24(21,22)13-5-7-16-20(13)3/h4-7,12,14,17H,8-10H2,1-3H3/t12-,14-/m0/s1. The molecule has 0 saturated carbocycles. The van der Waals surface area contributed by atoms with Crippen LogP contribution in [-0.2, 0) is 28.9 Å². The van der Waals surface area contributed by atoms with Crippen LogP contribution in [0.4, 0.5) is 0 Å². The van der Waals surface area contributed by atoms with Gasteiger partial charge in [-0.05, 0) is 19.2 Å². The summed E-state index contributed by atoms with van der Waals surface area (Å²) in [6.45, 7) is 1.51. The number of aryl methyl sites for hydroxylation is 2. The molecule has 1 N–H and O–H groups in total. The van der Waals surface area contributed by atoms with E-state index in [2.05, 4.69) is 19.8 Å². The van der Waals surface area contributed by atoms with Gasteiger partial charge in [0.15, 0.2) is 5.03 Å². The fourth-order valence-electron chi connectivity index (χ4n) is 3.01. The summed E-state index contributed by atoms with van der Waals surface area (Å²) in [7, 11) is 1.83. The number of likely N-dealkylation sites (N-methyl/N-ethyl adjacent to an activating group) is 1. The second-order valence-electron chi connectivity index (χ2n) is 5.86. The summed E-state index contributed by atoms with van der Waals surface area (Å²) in [5.41, 5.74) is 0.988. The van der Waals surface area contributed by atoms with Crippen LogP contribution in [-0.4, -0.2) is 65.7 Å². The highest BCUT2D eigenvalue weighted by Gasteiger charge is 2.34. The Kier molecular flexibility index (Phi) is 4.72. The third kappa shape index (κ3) is 3.22. The molecule has 1 aliphatic rings. The lowest BCUT2D eigenvalue weighted by Gasteiger charge is -2.39. The number of morpholine rings is 1. The van der Waals surface area contributed by atoms with Gasteiger partial charge in [-0.1, -0.05) is 0 Å². The molecular weight excluding hydrogens is 332 g/mol. The zero-order chi connectivity index (χ0) is 17.3. The average Bonchev–Trinajstić information content (AvgIpc) is 3.14. The first-order chi connectivity index (χ1) is 11.4. The maximum Gasteiger partial charge on any atom is 0.257 e. The molecule has 9 nitrogen and oxygen atoms in total. The highest BCUT2D eigenvalue weighted by molar-refractivity contribution is 7.89. The van der Waals surface area contributed by atoms with Crippen molar-refractivity contribution in [3.05, 3.63) is 30.2 Å². The third-order valence-corrected chi connectivity index (χ3v) is 5.79. The van der Waals surface area contributed by atoms with Gasteiger partial charge in [-0.3, -0.25) is 14.3 Å². The first-order valence-corrected chi connectivity index (χ1v) is 9.16. The molecule has 0 aliphatic carbocycles. The molecular formula is C14H22N6O3S. The van der Waals surface area contributed by atoms with Crippen LogP contribution in [0.5, 0.6) is 0 Å². The summed E-state index contributed by atoms with van der Waals surface area (Å²) in [4.78, 5) is 2.16. The Morgan fingerprint density at radius 1 is 1.21 bits per heavy atom. The van der Waals surface area contributed by atoms with Gasteiger partial charge in [0.1, 0.15) is 0 Å². The number of hydrogen-bond donors (Lipinski definition) is 1. The molecule has 0 spiro atoms. The second-order valence-corrected chi connectivity index (χ2v) is 7.57. The highest BCUT2D eigenvalue weighted by atomic mass is 32.2. The molecule has 24 heavy (non-hydrogen) atoms. The van der Waals surface area contributed by atoms with E-state index in [1.165, 1.54) is 16.9 Å². The smallest absolute Gasteiger partial charge is 0.257 e. The van der Waals surface area contributed by atoms with E-state index in [0.717, 1.165) is 12.2 Å². The molecule has 2 atom stereocenters. The van der Waals surface area contributed by atoms with Crippen molar-refractivity contribution < 1.29 is 13.2 Å². The van der Waals surface area contributed by atoms with Crippen LogP contribution in [0, 0.1) is 0 Å². The maximum atomic E-state index is 12.4. The zero-order valence-electron chi connectivity index (χ0n) is 14.0. The van der Waals surface area contributed by atoms with Gasteiger partial charge in [-0.15, -0.1) is 0 Å². The molecule has 0 amide bonds. The Hall–Kier alpha value is -1.75. The monoisotopic (exact) mass is 354 g/mol. The maximum absolute atomic E-state index is 12.4. The largest absolute Gasteiger partial charge is 0.373 e. The van der Waals surface area contributed by atoms with Crippen molar-refractivity contribution in [1.29, 1.82) is 0 Å². The van der Waals surface area contributed by atoms with Crippen molar-refractivity contribution in [3.63, 3.8) is 0 Å². The minimum atomic E-state index is -3.64. The van der Waals surface area contributed by atoms with Crippen molar-refractivity contribution in [3.8, 4) is 0 Å². The number of ether oxygens (including phenoxy) is 1. The van der Waals surface area contributed by atoms with Crippen LogP contribution in [0.25, 0.3) is 0 Å². The molecule has 1 aliphatic heterocycles. The molecule has 2 aromatic heterocycles. The predicted molar refractivity (Wildman–Crippen MR) is 86.7 cm³/mol. The van der Waals surface area contributed by atoms with E-state index >= 15 is 0 Å². The lowest BCUT2D eigenvalue weighted by molar-refractivity contribution is -0.0616. The van der Waals surface area contributed by atoms with Crippen LogP contribution in [0.15, 0.2) is 29.6 Å². The molecule has 0 unspecified atom stereocenters. The molecule has 3 rings (SSSR count). The number of rotatable bonds is 5. The molecule has 0 bridgehead atoms. The van der Waals surface area contributed by atoms with Crippen molar-refractivity contribution >= 4 is 10.0 Å². The summed E-state index contributed by atoms with van der Waals surface area (Å²) in [5.74, 6) is 0. The van der Waals surface area contributed by atoms with Crippen LogP contribution >= 0.6 is 0 Å². The zero-order valence-corrected chi connectivity index (χ0v) is 14.8. The first-order valence-electron chi connectivity index (χ1n) is 7.67. The summed E-state index contributed by atoms with van der Waals surface area (Å²) >= 11 is 0. The van der Waals surface area contributed by atoms with E-state index in [0.29, 0.717) is 6.61 Å². The Morgan fingerprint density at radius 3 is 2.54 bits per heavy atom. The summed E-state index contributed by atoms with van der Waals surface area (Å²) < 4.78 is 36.5. The van der Waals surface area contributed by atoms with Crippen molar-refractivity contribution in [2.75, 3.05) is 26.7 Å². The van der Waals surface area contributed by atoms with Gasteiger partial charge in [0.05, 0.1) is 30.6 Å². The van der Waals surface area contributed by atoms with Gasteiger partial charge in [-0.2, -0.15) is 10.2 Å². The minimum Gasteiger partial charge on any atom is -0.373 e. The average molecular weight is 354 g/mol. The topological polar surface area (TPSA) is 94.3 Å². The highest BCUT2D eigenvalue weighted by Crippen LogP contribution is 2.27. The Balaban J connectivity index is 1.78. The minimum absolute atomic E-state index is 0.0690. The Morgan fingerprint density at radius 2 is 1.92 bits per heavy atom. The summed E-state index contributed by atoms with van der Waals surface area (Å²) in [5, 5.41) is 8.24. The predicted octanol–water partition coefficient (Wildman–Crippen LogP) is -0.496. The normalized spacial score (nSPS) is 22.8. The van der Waals surface area contributed by atoms with E-state index in [1.54, 1.807) is 17.9 Å². The van der Waals surface area contributed by atoms with E-state index in [1.807, 2.05) is 20.2 Å². The van der Waals surface area contributed by atoms with Crippen LogP contribution in [0.3, 0.4) is 0 Å². The van der Waals surface area contributed by atoms with Crippen LogP contribution < -0.4 is 4.72 Å². The molecule has 2 aromatic rings. The van der Waals surface area contributed by atoms with E-state index in [-0.39, 0.29) is 23.7 Å². The number of nitrogens with zero attached hydrogens (tertiary/aromatic N) is 5. The van der Waals surface area contributed by atoms with Gasteiger partial charge in [0, 0.05) is 33.4 Å². The molecule has 0 radical (unpaired) electrons. The summed E-state index contributed by atoms with van der Waals surface area (Å²) in [6.07, 6.45) is 2.88. The van der Waals surface area contributed by atoms with Gasteiger partial charge >= 0.3 is 0 Å². The quantitative estimate of drug-likeness (QED) is 0.778. The molecule has 0 aromatic carbocycles. The molecule has 3 heterocycles. The molecule has 132 valence electrons. The van der Waals surface area contributed by atoms with Gasteiger partial charge in [0.2, 0.25) is 0 Å². The second kappa shape index (κ2) is 6.63. The lowest BCUT2D eigenvalue weighted by atomic mass is 10.0. The molecule has 1 saturated heterocycles. The molecule has 10 heteroatoms. The summed E-state index contributed by atoms with van der Waals surface area (Å²) in [6, 6.07) is 3.33. The van der Waals surface area contributed by atoms with Crippen LogP contribution in [0.1, 0.15) is 11.7 Å². The van der Waals surface area contributed by atoms with E-state index in [9.17, 15) is 8.42 Å². The fourth-order valence-corrected chi connectivity index (χ4v) is 4.18. The number of aromatic nitrogens is 4. The van der Waals surface area contributed by atoms with Crippen molar-refractivity contribution in [1.82, 2.24) is 29.2 Å². The third-order valence-electron chi connectivity index (χ3n) is 4.29. The van der Waals surface area contributed by atoms with Crippen molar-refractivity contribution in [2.45, 2.75) is 17.2 Å². The van der Waals surface area contributed by atoms with Crippen LogP contribution in [0.2, 0.25) is 0 Å². The number of hydrogen-bond acceptors (Lipinski definition) is 6. The van der Waals surface area contributed by atoms with Crippen molar-refractivity contribution in [2.24, 2.45) is 14.1 Å². The number of nitrogens with one attached hydrogen (secondary N) is 1. The van der Waals surface area contributed by atoms with Gasteiger partial charge < -0.3 is 4.74 Å². The fraction of sp³-hybridized carbons (Fsp3) is 0.571. The first kappa shape index (κ1) is 17.1. The van der Waals surface area contributed by atoms with E-state index in [4.69, 9.17) is 4.74 Å². The molecule has 1 fully saturated rings. The van der Waals surface area contributed by atoms with Gasteiger partial charge in [0.25, 0.3) is 10.0 Å². The number of sulfonamides is 1. The van der Waals surface area contributed by atoms with Gasteiger partial charge in [-0.25, -0.2) is 13.1 Å².